The molecule has 0 aromatic carbocycles. The number of hydrogen-bond donors (Lipinski definition) is 1. The first-order valence-electron chi connectivity index (χ1n) is 5.74. The molecule has 0 aliphatic carbocycles. The summed E-state index contributed by atoms with van der Waals surface area (Å²) in [6, 6.07) is 1.95. The third-order valence-corrected chi connectivity index (χ3v) is 2.81. The molecule has 0 fully saturated rings. The minimum Gasteiger partial charge on any atom is -0.355 e. The summed E-state index contributed by atoms with van der Waals surface area (Å²) in [7, 11) is 5.71. The highest BCUT2D eigenvalue weighted by molar-refractivity contribution is 14.0. The van der Waals surface area contributed by atoms with Gasteiger partial charge < -0.3 is 14.8 Å². The summed E-state index contributed by atoms with van der Waals surface area (Å²) in [5.41, 5.74) is 1.13. The van der Waals surface area contributed by atoms with Crippen LogP contribution in [0.3, 0.4) is 0 Å². The van der Waals surface area contributed by atoms with Crippen molar-refractivity contribution in [3.63, 3.8) is 0 Å². The van der Waals surface area contributed by atoms with E-state index in [1.165, 1.54) is 0 Å². The van der Waals surface area contributed by atoms with Crippen LogP contribution in [0.5, 0.6) is 0 Å². The van der Waals surface area contributed by atoms with E-state index >= 15 is 0 Å². The van der Waals surface area contributed by atoms with Gasteiger partial charge in [-0.15, -0.1) is 36.3 Å². The zero-order valence-electron chi connectivity index (χ0n) is 11.5. The molecule has 4 nitrogen and oxygen atoms in total. The molecule has 19 heavy (non-hydrogen) atoms. The van der Waals surface area contributed by atoms with Crippen molar-refractivity contribution in [2.45, 2.75) is 13.0 Å². The van der Waals surface area contributed by atoms with Crippen LogP contribution in [0.15, 0.2) is 17.3 Å². The van der Waals surface area contributed by atoms with Gasteiger partial charge in [0.2, 0.25) is 0 Å². The maximum absolute atomic E-state index is 5.96. The SMILES string of the molecule is C#CCCNC(=NC)N(C)Cc1cc(Cl)cn1C.I. The first-order chi connectivity index (χ1) is 8.58. The molecule has 0 amide bonds. The van der Waals surface area contributed by atoms with Crippen LogP contribution in [-0.4, -0.2) is 36.1 Å². The van der Waals surface area contributed by atoms with Gasteiger partial charge in [0.25, 0.3) is 0 Å². The first kappa shape index (κ1) is 18.1. The van der Waals surface area contributed by atoms with Crippen LogP contribution in [0.25, 0.3) is 0 Å². The Morgan fingerprint density at radius 1 is 1.63 bits per heavy atom. The summed E-state index contributed by atoms with van der Waals surface area (Å²) in [5.74, 6) is 3.41. The molecule has 0 saturated carbocycles. The van der Waals surface area contributed by atoms with Crippen molar-refractivity contribution in [3.05, 3.63) is 23.0 Å². The Morgan fingerprint density at radius 3 is 2.79 bits per heavy atom. The second-order valence-corrected chi connectivity index (χ2v) is 4.48. The second kappa shape index (κ2) is 9.10. The zero-order valence-corrected chi connectivity index (χ0v) is 14.6. The molecular weight excluding hydrogens is 375 g/mol. The van der Waals surface area contributed by atoms with Gasteiger partial charge in [0.1, 0.15) is 0 Å². The maximum Gasteiger partial charge on any atom is 0.193 e. The predicted molar refractivity (Wildman–Crippen MR) is 92.1 cm³/mol. The van der Waals surface area contributed by atoms with Gasteiger partial charge in [0, 0.05) is 46.0 Å². The van der Waals surface area contributed by atoms with Gasteiger partial charge in [-0.3, -0.25) is 4.99 Å². The van der Waals surface area contributed by atoms with E-state index in [1.807, 2.05) is 35.8 Å². The Balaban J connectivity index is 0.00000324. The highest BCUT2D eigenvalue weighted by Gasteiger charge is 2.08. The number of aliphatic imine (C=N–C) groups is 1. The van der Waals surface area contributed by atoms with E-state index < -0.39 is 0 Å². The number of aryl methyl sites for hydroxylation is 1. The van der Waals surface area contributed by atoms with Crippen LogP contribution in [0, 0.1) is 12.3 Å². The van der Waals surface area contributed by atoms with Crippen LogP contribution < -0.4 is 5.32 Å². The number of halogens is 2. The number of nitrogens with one attached hydrogen (secondary N) is 1. The fraction of sp³-hybridized carbons (Fsp3) is 0.462. The van der Waals surface area contributed by atoms with Crippen LogP contribution >= 0.6 is 35.6 Å². The van der Waals surface area contributed by atoms with E-state index in [0.717, 1.165) is 29.8 Å². The Bertz CT molecular complexity index is 462. The van der Waals surface area contributed by atoms with Crippen molar-refractivity contribution in [2.24, 2.45) is 12.0 Å². The number of guanidine groups is 1. The number of rotatable bonds is 4. The Hall–Kier alpha value is -0.870. The fourth-order valence-corrected chi connectivity index (χ4v) is 1.94. The first-order valence-corrected chi connectivity index (χ1v) is 6.12. The lowest BCUT2D eigenvalue weighted by Crippen LogP contribution is -2.39. The Morgan fingerprint density at radius 2 is 2.32 bits per heavy atom. The topological polar surface area (TPSA) is 32.6 Å². The average molecular weight is 395 g/mol. The van der Waals surface area contributed by atoms with Crippen molar-refractivity contribution in [1.29, 1.82) is 0 Å². The molecule has 0 bridgehead atoms. The standard InChI is InChI=1S/C13H19ClN4.HI/c1-5-6-7-16-13(15-2)18(4)10-12-8-11(14)9-17(12)3;/h1,8-9H,6-7,10H2,2-4H3,(H,15,16);1H. The third-order valence-electron chi connectivity index (χ3n) is 2.60. The number of terminal acetylenes is 1. The summed E-state index contributed by atoms with van der Waals surface area (Å²) in [5, 5.41) is 3.95. The van der Waals surface area contributed by atoms with Gasteiger partial charge in [0.05, 0.1) is 11.6 Å². The lowest BCUT2D eigenvalue weighted by Gasteiger charge is -2.22. The highest BCUT2D eigenvalue weighted by Crippen LogP contribution is 2.14. The summed E-state index contributed by atoms with van der Waals surface area (Å²) in [6.45, 7) is 1.46. The van der Waals surface area contributed by atoms with Crippen molar-refractivity contribution in [2.75, 3.05) is 20.6 Å². The summed E-state index contributed by atoms with van der Waals surface area (Å²) in [6.07, 6.45) is 7.79. The molecule has 1 aromatic rings. The molecule has 0 unspecified atom stereocenters. The molecule has 0 radical (unpaired) electrons. The van der Waals surface area contributed by atoms with E-state index in [9.17, 15) is 0 Å². The molecule has 1 heterocycles. The average Bonchev–Trinajstić information content (AvgIpc) is 2.63. The molecule has 1 rings (SSSR count). The zero-order chi connectivity index (χ0) is 13.5. The van der Waals surface area contributed by atoms with Crippen LogP contribution in [0.4, 0.5) is 0 Å². The molecule has 106 valence electrons. The Kier molecular flexibility index (Phi) is 8.68. The number of aromatic nitrogens is 1. The lowest BCUT2D eigenvalue weighted by molar-refractivity contribution is 0.463. The quantitative estimate of drug-likeness (QED) is 0.279. The monoisotopic (exact) mass is 394 g/mol. The van der Waals surface area contributed by atoms with Gasteiger partial charge in [-0.1, -0.05) is 11.6 Å². The molecule has 6 heteroatoms. The minimum atomic E-state index is 0. The predicted octanol–water partition coefficient (Wildman–Crippen LogP) is 2.33. The molecule has 0 saturated heterocycles. The van der Waals surface area contributed by atoms with Gasteiger partial charge in [-0.05, 0) is 6.07 Å². The lowest BCUT2D eigenvalue weighted by atomic mass is 10.4. The van der Waals surface area contributed by atoms with Crippen molar-refractivity contribution in [3.8, 4) is 12.3 Å². The Labute approximate surface area is 137 Å². The molecule has 0 aliphatic rings. The van der Waals surface area contributed by atoms with Crippen molar-refractivity contribution < 1.29 is 0 Å². The second-order valence-electron chi connectivity index (χ2n) is 4.04. The van der Waals surface area contributed by atoms with E-state index in [0.29, 0.717) is 6.42 Å². The summed E-state index contributed by atoms with van der Waals surface area (Å²) >= 11 is 5.96. The molecule has 1 aromatic heterocycles. The van der Waals surface area contributed by atoms with E-state index in [1.54, 1.807) is 7.05 Å². The molecule has 0 atom stereocenters. The van der Waals surface area contributed by atoms with Crippen LogP contribution in [0.1, 0.15) is 12.1 Å². The van der Waals surface area contributed by atoms with E-state index in [-0.39, 0.29) is 24.0 Å². The number of nitrogens with zero attached hydrogens (tertiary/aromatic N) is 3. The normalized spacial score (nSPS) is 10.6. The maximum atomic E-state index is 5.96. The van der Waals surface area contributed by atoms with Gasteiger partial charge in [-0.2, -0.15) is 0 Å². The van der Waals surface area contributed by atoms with Gasteiger partial charge >= 0.3 is 0 Å². The van der Waals surface area contributed by atoms with Crippen LogP contribution in [-0.2, 0) is 13.6 Å². The van der Waals surface area contributed by atoms with Gasteiger partial charge in [0.15, 0.2) is 5.96 Å². The largest absolute Gasteiger partial charge is 0.355 e. The molecule has 0 aliphatic heterocycles. The van der Waals surface area contributed by atoms with E-state index in [4.69, 9.17) is 18.0 Å². The van der Waals surface area contributed by atoms with Crippen molar-refractivity contribution >= 4 is 41.5 Å². The molecular formula is C13H20ClIN4. The third kappa shape index (κ3) is 5.74. The van der Waals surface area contributed by atoms with Crippen LogP contribution in [0.2, 0.25) is 5.02 Å². The molecule has 1 N–H and O–H groups in total. The van der Waals surface area contributed by atoms with Gasteiger partial charge in [-0.25, -0.2) is 0 Å². The fourth-order valence-electron chi connectivity index (χ4n) is 1.67. The number of hydrogen-bond acceptors (Lipinski definition) is 1. The summed E-state index contributed by atoms with van der Waals surface area (Å²) < 4.78 is 2.01. The highest BCUT2D eigenvalue weighted by atomic mass is 127. The molecule has 0 spiro atoms. The smallest absolute Gasteiger partial charge is 0.193 e. The van der Waals surface area contributed by atoms with Crippen molar-refractivity contribution in [1.82, 2.24) is 14.8 Å². The minimum absolute atomic E-state index is 0. The van der Waals surface area contributed by atoms with E-state index in [2.05, 4.69) is 16.2 Å². The summed E-state index contributed by atoms with van der Waals surface area (Å²) in [4.78, 5) is 6.24.